The van der Waals surface area contributed by atoms with E-state index in [1.807, 2.05) is 11.8 Å². The minimum Gasteiger partial charge on any atom is -0.315 e. The molecule has 0 aromatic carbocycles. The van der Waals surface area contributed by atoms with Gasteiger partial charge in [-0.1, -0.05) is 0 Å². The van der Waals surface area contributed by atoms with Gasteiger partial charge in [-0.25, -0.2) is 0 Å². The predicted octanol–water partition coefficient (Wildman–Crippen LogP) is 0.728. The van der Waals surface area contributed by atoms with Gasteiger partial charge in [0.05, 0.1) is 6.17 Å². The molecule has 0 saturated carbocycles. The van der Waals surface area contributed by atoms with Gasteiger partial charge in [-0.15, -0.1) is 0 Å². The van der Waals surface area contributed by atoms with E-state index in [1.54, 1.807) is 0 Å². The van der Waals surface area contributed by atoms with Crippen LogP contribution in [-0.2, 0) is 0 Å². The third-order valence-corrected chi connectivity index (χ3v) is 2.92. The van der Waals surface area contributed by atoms with Gasteiger partial charge in [0.1, 0.15) is 0 Å². The first kappa shape index (κ1) is 8.37. The van der Waals surface area contributed by atoms with Crippen LogP contribution in [0.25, 0.3) is 0 Å². The number of thioether (sulfide) groups is 1. The van der Waals surface area contributed by atoms with Gasteiger partial charge < -0.3 is 5.73 Å². The molecule has 1 aliphatic rings. The molecule has 1 heterocycles. The van der Waals surface area contributed by atoms with Crippen molar-refractivity contribution in [2.24, 2.45) is 5.73 Å². The van der Waals surface area contributed by atoms with Gasteiger partial charge in [0.15, 0.2) is 0 Å². The summed E-state index contributed by atoms with van der Waals surface area (Å²) >= 11 is 1.96. The molecule has 0 aromatic rings. The second kappa shape index (κ2) is 3.60. The molecule has 60 valence electrons. The van der Waals surface area contributed by atoms with Crippen LogP contribution < -0.4 is 5.73 Å². The van der Waals surface area contributed by atoms with Gasteiger partial charge in [-0.05, 0) is 13.8 Å². The van der Waals surface area contributed by atoms with E-state index < -0.39 is 0 Å². The monoisotopic (exact) mass is 160 g/mol. The van der Waals surface area contributed by atoms with Crippen LogP contribution in [0.1, 0.15) is 13.8 Å². The zero-order valence-electron chi connectivity index (χ0n) is 6.71. The zero-order chi connectivity index (χ0) is 7.56. The van der Waals surface area contributed by atoms with Gasteiger partial charge in [-0.2, -0.15) is 11.8 Å². The molecule has 1 rings (SSSR count). The van der Waals surface area contributed by atoms with E-state index in [9.17, 15) is 0 Å². The Morgan fingerprint density at radius 3 is 2.70 bits per heavy atom. The van der Waals surface area contributed by atoms with Gasteiger partial charge in [-0.3, -0.25) is 4.90 Å². The summed E-state index contributed by atoms with van der Waals surface area (Å²) in [7, 11) is 0. The molecule has 0 aromatic heterocycles. The fraction of sp³-hybridized carbons (Fsp3) is 1.00. The van der Waals surface area contributed by atoms with Crippen LogP contribution in [-0.4, -0.2) is 35.2 Å². The maximum atomic E-state index is 5.88. The second-order valence-corrected chi connectivity index (χ2v) is 4.12. The molecule has 1 fully saturated rings. The predicted molar refractivity (Wildman–Crippen MR) is 47.1 cm³/mol. The topological polar surface area (TPSA) is 29.3 Å². The Balaban J connectivity index is 2.40. The molecule has 0 radical (unpaired) electrons. The van der Waals surface area contributed by atoms with Crippen LogP contribution in [0.2, 0.25) is 0 Å². The second-order valence-electron chi connectivity index (χ2n) is 2.97. The smallest absolute Gasteiger partial charge is 0.0667 e. The number of nitrogens with two attached hydrogens (primary N) is 1. The standard InChI is InChI=1S/C7H16N2S/c1-6(2)9-3-4-10-5-7(9)8/h6-7H,3-5,8H2,1-2H3. The molecule has 2 N–H and O–H groups in total. The Morgan fingerprint density at radius 2 is 2.30 bits per heavy atom. The lowest BCUT2D eigenvalue weighted by molar-refractivity contribution is 0.176. The fourth-order valence-corrected chi connectivity index (χ4v) is 2.22. The molecular formula is C7H16N2S. The Hall–Kier alpha value is 0.270. The third-order valence-electron chi connectivity index (χ3n) is 1.87. The van der Waals surface area contributed by atoms with Crippen molar-refractivity contribution in [3.05, 3.63) is 0 Å². The number of hydrogen-bond donors (Lipinski definition) is 1. The van der Waals surface area contributed by atoms with Crippen molar-refractivity contribution < 1.29 is 0 Å². The highest BCUT2D eigenvalue weighted by Crippen LogP contribution is 2.14. The maximum absolute atomic E-state index is 5.88. The molecule has 0 amide bonds. The van der Waals surface area contributed by atoms with Crippen LogP contribution >= 0.6 is 11.8 Å². The molecule has 0 spiro atoms. The van der Waals surface area contributed by atoms with Crippen LogP contribution in [0.15, 0.2) is 0 Å². The lowest BCUT2D eigenvalue weighted by atomic mass is 10.3. The molecule has 0 bridgehead atoms. The summed E-state index contributed by atoms with van der Waals surface area (Å²) in [6, 6.07) is 0.607. The van der Waals surface area contributed by atoms with Gasteiger partial charge >= 0.3 is 0 Å². The zero-order valence-corrected chi connectivity index (χ0v) is 7.53. The molecule has 3 heteroatoms. The van der Waals surface area contributed by atoms with Gasteiger partial charge in [0.25, 0.3) is 0 Å². The highest BCUT2D eigenvalue weighted by molar-refractivity contribution is 7.99. The minimum atomic E-state index is 0.291. The summed E-state index contributed by atoms with van der Waals surface area (Å²) < 4.78 is 0. The summed E-state index contributed by atoms with van der Waals surface area (Å²) in [5.74, 6) is 2.34. The molecule has 1 unspecified atom stereocenters. The van der Waals surface area contributed by atoms with Crippen molar-refractivity contribution in [2.45, 2.75) is 26.1 Å². The highest BCUT2D eigenvalue weighted by Gasteiger charge is 2.20. The van der Waals surface area contributed by atoms with Crippen molar-refractivity contribution in [2.75, 3.05) is 18.1 Å². The van der Waals surface area contributed by atoms with Gasteiger partial charge in [0.2, 0.25) is 0 Å². The summed E-state index contributed by atoms with van der Waals surface area (Å²) in [6.45, 7) is 5.56. The first-order valence-corrected chi connectivity index (χ1v) is 4.96. The molecule has 1 saturated heterocycles. The number of rotatable bonds is 1. The lowest BCUT2D eigenvalue weighted by Crippen LogP contribution is -2.51. The average Bonchev–Trinajstić information content (AvgIpc) is 1.88. The first-order chi connectivity index (χ1) is 4.72. The molecule has 1 aliphatic heterocycles. The van der Waals surface area contributed by atoms with E-state index in [2.05, 4.69) is 18.7 Å². The third kappa shape index (κ3) is 1.87. The summed E-state index contributed by atoms with van der Waals surface area (Å²) in [6.07, 6.45) is 0.291. The molecule has 0 aliphatic carbocycles. The maximum Gasteiger partial charge on any atom is 0.0667 e. The quantitative estimate of drug-likeness (QED) is 0.613. The Morgan fingerprint density at radius 1 is 1.60 bits per heavy atom. The van der Waals surface area contributed by atoms with E-state index >= 15 is 0 Å². The van der Waals surface area contributed by atoms with E-state index in [4.69, 9.17) is 5.73 Å². The van der Waals surface area contributed by atoms with Crippen molar-refractivity contribution in [3.8, 4) is 0 Å². The Bertz CT molecular complexity index is 106. The van der Waals surface area contributed by atoms with Crippen molar-refractivity contribution in [1.29, 1.82) is 0 Å². The average molecular weight is 160 g/mol. The largest absolute Gasteiger partial charge is 0.315 e. The minimum absolute atomic E-state index is 0.291. The van der Waals surface area contributed by atoms with Crippen LogP contribution in [0.5, 0.6) is 0 Å². The van der Waals surface area contributed by atoms with Crippen molar-refractivity contribution in [1.82, 2.24) is 4.90 Å². The van der Waals surface area contributed by atoms with Gasteiger partial charge in [0, 0.05) is 24.1 Å². The van der Waals surface area contributed by atoms with Crippen LogP contribution in [0.4, 0.5) is 0 Å². The molecule has 2 nitrogen and oxygen atoms in total. The summed E-state index contributed by atoms with van der Waals surface area (Å²) in [5.41, 5.74) is 5.88. The number of nitrogens with zero attached hydrogens (tertiary/aromatic N) is 1. The van der Waals surface area contributed by atoms with E-state index in [1.165, 1.54) is 5.75 Å². The molecule has 10 heavy (non-hydrogen) atoms. The molecular weight excluding hydrogens is 144 g/mol. The molecule has 1 atom stereocenters. The Labute approximate surface area is 67.1 Å². The van der Waals surface area contributed by atoms with Crippen LogP contribution in [0, 0.1) is 0 Å². The Kier molecular flexibility index (Phi) is 3.01. The van der Waals surface area contributed by atoms with Crippen molar-refractivity contribution in [3.63, 3.8) is 0 Å². The van der Waals surface area contributed by atoms with Crippen LogP contribution in [0.3, 0.4) is 0 Å². The van der Waals surface area contributed by atoms with Crippen molar-refractivity contribution >= 4 is 11.8 Å². The van der Waals surface area contributed by atoms with E-state index in [0.717, 1.165) is 12.3 Å². The fourth-order valence-electron chi connectivity index (χ4n) is 1.28. The number of hydrogen-bond acceptors (Lipinski definition) is 3. The highest BCUT2D eigenvalue weighted by atomic mass is 32.2. The van der Waals surface area contributed by atoms with E-state index in [-0.39, 0.29) is 0 Å². The summed E-state index contributed by atoms with van der Waals surface area (Å²) in [4.78, 5) is 2.36. The normalized spacial score (nSPS) is 29.4. The first-order valence-electron chi connectivity index (χ1n) is 3.81. The van der Waals surface area contributed by atoms with E-state index in [0.29, 0.717) is 12.2 Å². The lowest BCUT2D eigenvalue weighted by Gasteiger charge is -2.35. The summed E-state index contributed by atoms with van der Waals surface area (Å²) in [5, 5.41) is 0. The SMILES string of the molecule is CC(C)N1CCSCC1N.